The van der Waals surface area contributed by atoms with Crippen LogP contribution in [0.25, 0.3) is 22.5 Å². The van der Waals surface area contributed by atoms with Gasteiger partial charge in [0.2, 0.25) is 0 Å². The number of pyridine rings is 3. The minimum atomic E-state index is 0.0785. The summed E-state index contributed by atoms with van der Waals surface area (Å²) < 4.78 is 0. The van der Waals surface area contributed by atoms with Crippen LogP contribution in [-0.4, -0.2) is 15.0 Å². The normalized spacial score (nSPS) is 12.3. The zero-order valence-corrected chi connectivity index (χ0v) is 18.4. The van der Waals surface area contributed by atoms with Gasteiger partial charge in [-0.25, -0.2) is 0 Å². The number of hydrogen-bond donors (Lipinski definition) is 0. The van der Waals surface area contributed by atoms with Crippen molar-refractivity contribution < 1.29 is 0 Å². The van der Waals surface area contributed by atoms with E-state index in [4.69, 9.17) is 4.98 Å². The molecule has 0 radical (unpaired) electrons. The number of rotatable bonds is 2. The molecule has 0 saturated heterocycles. The molecular formula is C25H31N3. The first-order valence-electron chi connectivity index (χ1n) is 9.89. The lowest BCUT2D eigenvalue weighted by atomic mass is 9.86. The van der Waals surface area contributed by atoms with Gasteiger partial charge in [0.15, 0.2) is 0 Å². The molecule has 3 aromatic heterocycles. The standard InChI is InChI=1S/C25H31N3/c1-16-20(22-13-18(9-11-26-22)24(3,4)5)15-21(17(2)28-16)23-14-19(10-12-27-23)25(6,7)8/h9-15H,1-8H3. The molecule has 146 valence electrons. The second-order valence-corrected chi connectivity index (χ2v) is 9.61. The molecule has 3 aromatic rings. The van der Waals surface area contributed by atoms with Gasteiger partial charge in [-0.15, -0.1) is 0 Å². The van der Waals surface area contributed by atoms with E-state index in [9.17, 15) is 0 Å². The molecule has 0 fully saturated rings. The first-order valence-corrected chi connectivity index (χ1v) is 9.89. The Kier molecular flexibility index (Phi) is 5.14. The van der Waals surface area contributed by atoms with Crippen molar-refractivity contribution >= 4 is 0 Å². The molecule has 3 nitrogen and oxygen atoms in total. The summed E-state index contributed by atoms with van der Waals surface area (Å²) in [6.07, 6.45) is 3.79. The summed E-state index contributed by atoms with van der Waals surface area (Å²) >= 11 is 0. The van der Waals surface area contributed by atoms with Crippen LogP contribution in [0.2, 0.25) is 0 Å². The SMILES string of the molecule is Cc1nc(C)c(-c2cc(C(C)(C)C)ccn2)cc1-c1cc(C(C)(C)C)ccn1. The van der Waals surface area contributed by atoms with Crippen LogP contribution < -0.4 is 0 Å². The summed E-state index contributed by atoms with van der Waals surface area (Å²) in [4.78, 5) is 14.1. The maximum atomic E-state index is 4.83. The minimum Gasteiger partial charge on any atom is -0.257 e. The topological polar surface area (TPSA) is 38.7 Å². The molecule has 0 bridgehead atoms. The van der Waals surface area contributed by atoms with E-state index < -0.39 is 0 Å². The summed E-state index contributed by atoms with van der Waals surface area (Å²) in [6.45, 7) is 17.4. The van der Waals surface area contributed by atoms with Gasteiger partial charge in [-0.3, -0.25) is 15.0 Å². The molecule has 0 amide bonds. The quantitative estimate of drug-likeness (QED) is 0.520. The Balaban J connectivity index is 2.15. The third kappa shape index (κ3) is 4.14. The Hall–Kier alpha value is -2.55. The fourth-order valence-electron chi connectivity index (χ4n) is 3.33. The molecule has 0 unspecified atom stereocenters. The Morgan fingerprint density at radius 2 is 1.00 bits per heavy atom. The third-order valence-corrected chi connectivity index (χ3v) is 5.21. The summed E-state index contributed by atoms with van der Waals surface area (Å²) in [5.74, 6) is 0. The smallest absolute Gasteiger partial charge is 0.0723 e. The zero-order chi connectivity index (χ0) is 20.7. The van der Waals surface area contributed by atoms with E-state index in [1.165, 1.54) is 11.1 Å². The highest BCUT2D eigenvalue weighted by Gasteiger charge is 2.18. The van der Waals surface area contributed by atoms with Crippen molar-refractivity contribution in [2.24, 2.45) is 0 Å². The van der Waals surface area contributed by atoms with Crippen LogP contribution in [0.1, 0.15) is 64.1 Å². The van der Waals surface area contributed by atoms with E-state index in [-0.39, 0.29) is 10.8 Å². The molecule has 0 spiro atoms. The van der Waals surface area contributed by atoms with Crippen molar-refractivity contribution in [1.82, 2.24) is 15.0 Å². The average Bonchev–Trinajstić information content (AvgIpc) is 2.60. The van der Waals surface area contributed by atoms with Crippen LogP contribution in [0.3, 0.4) is 0 Å². The number of aromatic nitrogens is 3. The van der Waals surface area contributed by atoms with Crippen molar-refractivity contribution in [1.29, 1.82) is 0 Å². The highest BCUT2D eigenvalue weighted by atomic mass is 14.8. The number of nitrogens with zero attached hydrogens (tertiary/aromatic N) is 3. The van der Waals surface area contributed by atoms with Gasteiger partial charge in [0.25, 0.3) is 0 Å². The van der Waals surface area contributed by atoms with Gasteiger partial charge in [0.1, 0.15) is 0 Å². The van der Waals surface area contributed by atoms with E-state index in [0.29, 0.717) is 0 Å². The van der Waals surface area contributed by atoms with Crippen molar-refractivity contribution in [3.05, 3.63) is 65.2 Å². The predicted molar refractivity (Wildman–Crippen MR) is 118 cm³/mol. The lowest BCUT2D eigenvalue weighted by Crippen LogP contribution is -2.11. The summed E-state index contributed by atoms with van der Waals surface area (Å²) in [7, 11) is 0. The second kappa shape index (κ2) is 7.12. The Morgan fingerprint density at radius 3 is 1.36 bits per heavy atom. The Morgan fingerprint density at radius 1 is 0.607 bits per heavy atom. The molecule has 0 aromatic carbocycles. The second-order valence-electron chi connectivity index (χ2n) is 9.61. The van der Waals surface area contributed by atoms with Gasteiger partial charge in [-0.1, -0.05) is 41.5 Å². The number of aryl methyl sites for hydroxylation is 2. The molecule has 3 rings (SSSR count). The van der Waals surface area contributed by atoms with Crippen LogP contribution >= 0.6 is 0 Å². The van der Waals surface area contributed by atoms with E-state index in [0.717, 1.165) is 33.9 Å². The highest BCUT2D eigenvalue weighted by molar-refractivity contribution is 5.73. The third-order valence-electron chi connectivity index (χ3n) is 5.21. The maximum Gasteiger partial charge on any atom is 0.0723 e. The molecule has 0 aliphatic rings. The lowest BCUT2D eigenvalue weighted by Gasteiger charge is -2.21. The van der Waals surface area contributed by atoms with Crippen LogP contribution in [0.15, 0.2) is 42.7 Å². The highest BCUT2D eigenvalue weighted by Crippen LogP contribution is 2.32. The predicted octanol–water partition coefficient (Wildman–Crippen LogP) is 6.42. The Labute approximate surface area is 169 Å². The largest absolute Gasteiger partial charge is 0.257 e. The fraction of sp³-hybridized carbons (Fsp3) is 0.400. The lowest BCUT2D eigenvalue weighted by molar-refractivity contribution is 0.589. The van der Waals surface area contributed by atoms with Gasteiger partial charge in [0, 0.05) is 34.9 Å². The first kappa shape index (κ1) is 20.2. The monoisotopic (exact) mass is 373 g/mol. The van der Waals surface area contributed by atoms with Crippen LogP contribution in [0, 0.1) is 13.8 Å². The van der Waals surface area contributed by atoms with Crippen molar-refractivity contribution in [3.8, 4) is 22.5 Å². The van der Waals surface area contributed by atoms with Crippen LogP contribution in [0.5, 0.6) is 0 Å². The van der Waals surface area contributed by atoms with E-state index in [1.807, 2.05) is 12.4 Å². The molecule has 0 atom stereocenters. The van der Waals surface area contributed by atoms with Gasteiger partial charge in [-0.2, -0.15) is 0 Å². The molecule has 0 aliphatic carbocycles. The molecule has 28 heavy (non-hydrogen) atoms. The first-order chi connectivity index (χ1) is 13.0. The van der Waals surface area contributed by atoms with Crippen molar-refractivity contribution in [2.45, 2.75) is 66.2 Å². The van der Waals surface area contributed by atoms with Gasteiger partial charge in [0.05, 0.1) is 11.4 Å². The zero-order valence-electron chi connectivity index (χ0n) is 18.4. The summed E-state index contributed by atoms with van der Waals surface area (Å²) in [6, 6.07) is 10.7. The number of hydrogen-bond acceptors (Lipinski definition) is 3. The molecule has 0 saturated carbocycles. The van der Waals surface area contributed by atoms with Gasteiger partial charge in [-0.05, 0) is 66.1 Å². The molecular weight excluding hydrogens is 342 g/mol. The van der Waals surface area contributed by atoms with Crippen molar-refractivity contribution in [3.63, 3.8) is 0 Å². The van der Waals surface area contributed by atoms with E-state index >= 15 is 0 Å². The summed E-state index contributed by atoms with van der Waals surface area (Å²) in [5.41, 5.74) is 8.74. The maximum absolute atomic E-state index is 4.83. The van der Waals surface area contributed by atoms with Gasteiger partial charge < -0.3 is 0 Å². The van der Waals surface area contributed by atoms with E-state index in [1.54, 1.807) is 0 Å². The molecule has 0 N–H and O–H groups in total. The Bertz CT molecular complexity index is 926. The minimum absolute atomic E-state index is 0.0785. The molecule has 3 heteroatoms. The van der Waals surface area contributed by atoms with Crippen LogP contribution in [-0.2, 0) is 10.8 Å². The fourth-order valence-corrected chi connectivity index (χ4v) is 3.33. The molecule has 3 heterocycles. The average molecular weight is 374 g/mol. The van der Waals surface area contributed by atoms with Crippen LogP contribution in [0.4, 0.5) is 0 Å². The van der Waals surface area contributed by atoms with Gasteiger partial charge >= 0.3 is 0 Å². The summed E-state index contributed by atoms with van der Waals surface area (Å²) in [5, 5.41) is 0. The molecule has 0 aliphatic heterocycles. The van der Waals surface area contributed by atoms with Crippen molar-refractivity contribution in [2.75, 3.05) is 0 Å². The van der Waals surface area contributed by atoms with E-state index in [2.05, 4.69) is 95.7 Å².